The van der Waals surface area contributed by atoms with E-state index >= 15 is 0 Å². The van der Waals surface area contributed by atoms with E-state index in [1.54, 1.807) is 18.2 Å². The van der Waals surface area contributed by atoms with Crippen LogP contribution in [0.25, 0.3) is 11.1 Å². The topological polar surface area (TPSA) is 77.8 Å². The molecule has 29 heavy (non-hydrogen) atoms. The molecule has 0 spiro atoms. The van der Waals surface area contributed by atoms with Gasteiger partial charge in [-0.05, 0) is 37.1 Å². The molecule has 2 aromatic carbocycles. The Kier molecular flexibility index (Phi) is 6.24. The third-order valence-electron chi connectivity index (χ3n) is 4.33. The number of anilines is 1. The maximum atomic E-state index is 12.6. The van der Waals surface area contributed by atoms with Crippen LogP contribution in [-0.4, -0.2) is 25.1 Å². The number of hydrogen-bond acceptors (Lipinski definition) is 5. The summed E-state index contributed by atoms with van der Waals surface area (Å²) in [6.45, 7) is 3.29. The van der Waals surface area contributed by atoms with E-state index in [4.69, 9.17) is 25.5 Å². The van der Waals surface area contributed by atoms with Crippen molar-refractivity contribution in [2.75, 3.05) is 12.4 Å². The Morgan fingerprint density at radius 2 is 1.86 bits per heavy atom. The summed E-state index contributed by atoms with van der Waals surface area (Å²) in [5.74, 6) is -0.789. The van der Waals surface area contributed by atoms with Gasteiger partial charge in [0.2, 0.25) is 5.76 Å². The fraction of sp³-hybridized carbons (Fsp3) is 0.182. The number of nitrogens with one attached hydrogen (secondary N) is 1. The zero-order valence-electron chi connectivity index (χ0n) is 16.2. The Balaban J connectivity index is 1.72. The summed E-state index contributed by atoms with van der Waals surface area (Å²) in [5.41, 5.74) is 2.62. The van der Waals surface area contributed by atoms with E-state index in [2.05, 4.69) is 5.32 Å². The number of carbonyl (C=O) groups excluding carboxylic acids is 2. The average Bonchev–Trinajstić information content (AvgIpc) is 3.21. The zero-order chi connectivity index (χ0) is 21.0. The minimum absolute atomic E-state index is 0.0377. The summed E-state index contributed by atoms with van der Waals surface area (Å²) >= 11 is 6.08. The van der Waals surface area contributed by atoms with E-state index in [0.29, 0.717) is 22.0 Å². The molecular weight excluding hydrogens is 394 g/mol. The number of halogens is 1. The SMILES string of the molecule is COc1cc(Cl)c(C)cc1NC(=O)C(C)OC(=O)c1occc1-c1ccccc1. The predicted octanol–water partition coefficient (Wildman–Crippen LogP) is 5.10. The quantitative estimate of drug-likeness (QED) is 0.569. The van der Waals surface area contributed by atoms with E-state index < -0.39 is 18.0 Å². The summed E-state index contributed by atoms with van der Waals surface area (Å²) in [5, 5.41) is 3.21. The van der Waals surface area contributed by atoms with Crippen molar-refractivity contribution in [3.63, 3.8) is 0 Å². The molecule has 0 aliphatic heterocycles. The normalized spacial score (nSPS) is 11.6. The Morgan fingerprint density at radius 1 is 1.14 bits per heavy atom. The van der Waals surface area contributed by atoms with Crippen molar-refractivity contribution in [3.8, 4) is 16.9 Å². The van der Waals surface area contributed by atoms with Gasteiger partial charge in [0.15, 0.2) is 6.10 Å². The number of rotatable bonds is 6. The monoisotopic (exact) mass is 413 g/mol. The Hall–Kier alpha value is -3.25. The molecule has 150 valence electrons. The van der Waals surface area contributed by atoms with E-state index in [0.717, 1.165) is 11.1 Å². The summed E-state index contributed by atoms with van der Waals surface area (Å²) in [7, 11) is 1.47. The number of furan rings is 1. The lowest BCUT2D eigenvalue weighted by Crippen LogP contribution is -2.30. The highest BCUT2D eigenvalue weighted by Crippen LogP contribution is 2.31. The molecule has 1 aromatic heterocycles. The van der Waals surface area contributed by atoms with Gasteiger partial charge in [0.25, 0.3) is 5.91 Å². The zero-order valence-corrected chi connectivity index (χ0v) is 16.9. The Labute approximate surface area is 173 Å². The second kappa shape index (κ2) is 8.84. The van der Waals surface area contributed by atoms with Gasteiger partial charge in [-0.2, -0.15) is 0 Å². The number of amides is 1. The lowest BCUT2D eigenvalue weighted by molar-refractivity contribution is -0.123. The van der Waals surface area contributed by atoms with E-state index in [9.17, 15) is 9.59 Å². The first-order valence-electron chi connectivity index (χ1n) is 8.89. The molecule has 0 bridgehead atoms. The molecule has 6 nitrogen and oxygen atoms in total. The number of esters is 1. The average molecular weight is 414 g/mol. The maximum Gasteiger partial charge on any atom is 0.375 e. The molecule has 0 fully saturated rings. The van der Waals surface area contributed by atoms with Crippen LogP contribution in [0.5, 0.6) is 5.75 Å². The molecule has 0 saturated heterocycles. The van der Waals surface area contributed by atoms with Gasteiger partial charge in [0.1, 0.15) is 5.75 Å². The van der Waals surface area contributed by atoms with Crippen molar-refractivity contribution in [1.29, 1.82) is 0 Å². The molecule has 1 unspecified atom stereocenters. The lowest BCUT2D eigenvalue weighted by Gasteiger charge is -2.16. The van der Waals surface area contributed by atoms with Crippen molar-refractivity contribution in [2.45, 2.75) is 20.0 Å². The molecule has 0 aliphatic carbocycles. The van der Waals surface area contributed by atoms with Crippen LogP contribution in [0.3, 0.4) is 0 Å². The fourth-order valence-electron chi connectivity index (χ4n) is 2.74. The minimum atomic E-state index is -1.06. The van der Waals surface area contributed by atoms with Gasteiger partial charge < -0.3 is 19.2 Å². The lowest BCUT2D eigenvalue weighted by atomic mass is 10.1. The number of ether oxygens (including phenoxy) is 2. The molecule has 1 amide bonds. The number of carbonyl (C=O) groups is 2. The molecule has 1 N–H and O–H groups in total. The van der Waals surface area contributed by atoms with Crippen molar-refractivity contribution < 1.29 is 23.5 Å². The summed E-state index contributed by atoms with van der Waals surface area (Å²) in [6.07, 6.45) is 0.349. The number of benzene rings is 2. The molecular formula is C22H20ClNO5. The molecule has 7 heteroatoms. The second-order valence-corrected chi connectivity index (χ2v) is 6.78. The van der Waals surface area contributed by atoms with Crippen molar-refractivity contribution in [2.24, 2.45) is 0 Å². The highest BCUT2D eigenvalue weighted by atomic mass is 35.5. The number of aryl methyl sites for hydroxylation is 1. The van der Waals surface area contributed by atoms with E-state index in [1.165, 1.54) is 20.3 Å². The van der Waals surface area contributed by atoms with Crippen LogP contribution < -0.4 is 10.1 Å². The first-order valence-corrected chi connectivity index (χ1v) is 9.27. The third kappa shape index (κ3) is 4.60. The van der Waals surface area contributed by atoms with Crippen LogP contribution in [0.1, 0.15) is 23.0 Å². The molecule has 0 saturated carbocycles. The molecule has 0 aliphatic rings. The predicted molar refractivity (Wildman–Crippen MR) is 110 cm³/mol. The smallest absolute Gasteiger partial charge is 0.375 e. The highest BCUT2D eigenvalue weighted by Gasteiger charge is 2.24. The van der Waals surface area contributed by atoms with Crippen LogP contribution in [0.2, 0.25) is 5.02 Å². The van der Waals surface area contributed by atoms with Gasteiger partial charge in [0, 0.05) is 16.7 Å². The second-order valence-electron chi connectivity index (χ2n) is 6.37. The molecule has 3 rings (SSSR count). The summed E-state index contributed by atoms with van der Waals surface area (Å²) in [4.78, 5) is 25.1. The van der Waals surface area contributed by atoms with Gasteiger partial charge in [-0.15, -0.1) is 0 Å². The van der Waals surface area contributed by atoms with Crippen LogP contribution in [0, 0.1) is 6.92 Å². The van der Waals surface area contributed by atoms with E-state index in [1.807, 2.05) is 37.3 Å². The van der Waals surface area contributed by atoms with Crippen molar-refractivity contribution >= 4 is 29.2 Å². The Morgan fingerprint density at radius 3 is 2.55 bits per heavy atom. The fourth-order valence-corrected chi connectivity index (χ4v) is 2.90. The standard InChI is InChI=1S/C22H20ClNO5/c1-13-11-18(19(27-3)12-17(13)23)24-21(25)14(2)29-22(26)20-16(9-10-28-20)15-7-5-4-6-8-15/h4-12,14H,1-3H3,(H,24,25). The molecule has 1 atom stereocenters. The van der Waals surface area contributed by atoms with Crippen molar-refractivity contribution in [3.05, 3.63) is 71.1 Å². The van der Waals surface area contributed by atoms with Crippen LogP contribution >= 0.6 is 11.6 Å². The van der Waals surface area contributed by atoms with Gasteiger partial charge in [-0.3, -0.25) is 4.79 Å². The van der Waals surface area contributed by atoms with Crippen LogP contribution in [0.15, 0.2) is 59.2 Å². The molecule has 3 aromatic rings. The van der Waals surface area contributed by atoms with Gasteiger partial charge in [0.05, 0.1) is 19.1 Å². The van der Waals surface area contributed by atoms with Crippen LogP contribution in [0.4, 0.5) is 5.69 Å². The third-order valence-corrected chi connectivity index (χ3v) is 4.73. The minimum Gasteiger partial charge on any atom is -0.495 e. The first kappa shape index (κ1) is 20.5. The number of hydrogen-bond donors (Lipinski definition) is 1. The van der Waals surface area contributed by atoms with E-state index in [-0.39, 0.29) is 5.76 Å². The van der Waals surface area contributed by atoms with Crippen LogP contribution in [-0.2, 0) is 9.53 Å². The van der Waals surface area contributed by atoms with Crippen molar-refractivity contribution in [1.82, 2.24) is 0 Å². The maximum absolute atomic E-state index is 12.6. The number of methoxy groups -OCH3 is 1. The van der Waals surface area contributed by atoms with Gasteiger partial charge in [-0.1, -0.05) is 41.9 Å². The first-order chi connectivity index (χ1) is 13.9. The summed E-state index contributed by atoms with van der Waals surface area (Å²) < 4.78 is 15.9. The molecule has 1 heterocycles. The van der Waals surface area contributed by atoms with Gasteiger partial charge in [-0.25, -0.2) is 4.79 Å². The summed E-state index contributed by atoms with van der Waals surface area (Å²) in [6, 6.07) is 14.3. The molecule has 0 radical (unpaired) electrons. The largest absolute Gasteiger partial charge is 0.495 e. The van der Waals surface area contributed by atoms with Gasteiger partial charge >= 0.3 is 5.97 Å². The Bertz CT molecular complexity index is 1030. The highest BCUT2D eigenvalue weighted by molar-refractivity contribution is 6.31.